The van der Waals surface area contributed by atoms with Crippen LogP contribution < -0.4 is 0 Å². The van der Waals surface area contributed by atoms with Gasteiger partial charge in [-0.05, 0) is 23.6 Å². The molecule has 2 heteroatoms. The maximum atomic E-state index is 5.25. The van der Waals surface area contributed by atoms with Gasteiger partial charge in [0.15, 0.2) is 0 Å². The third kappa shape index (κ3) is 3.45. The van der Waals surface area contributed by atoms with Crippen LogP contribution in [0, 0.1) is 6.92 Å². The fraction of sp³-hybridized carbons (Fsp3) is 0.133. The van der Waals surface area contributed by atoms with Gasteiger partial charge in [0.1, 0.15) is 6.61 Å². The zero-order chi connectivity index (χ0) is 11.9. The molecule has 0 fully saturated rings. The van der Waals surface area contributed by atoms with Crippen LogP contribution in [0.5, 0.6) is 0 Å². The number of nitrogens with zero attached hydrogens (tertiary/aromatic N) is 1. The van der Waals surface area contributed by atoms with Crippen LogP contribution in [0.4, 0.5) is 0 Å². The molecular formula is C15H15NO. The maximum absolute atomic E-state index is 5.25. The van der Waals surface area contributed by atoms with Crippen LogP contribution in [0.15, 0.2) is 59.8 Å². The molecule has 0 aliphatic heterocycles. The van der Waals surface area contributed by atoms with E-state index in [9.17, 15) is 0 Å². The zero-order valence-corrected chi connectivity index (χ0v) is 9.84. The fourth-order valence-corrected chi connectivity index (χ4v) is 1.51. The Labute approximate surface area is 102 Å². The first-order chi connectivity index (χ1) is 8.36. The van der Waals surface area contributed by atoms with Gasteiger partial charge in [0, 0.05) is 0 Å². The van der Waals surface area contributed by atoms with E-state index in [1.807, 2.05) is 48.5 Å². The minimum absolute atomic E-state index is 0.503. The van der Waals surface area contributed by atoms with Gasteiger partial charge in [0.2, 0.25) is 0 Å². The van der Waals surface area contributed by atoms with Crippen LogP contribution in [0.2, 0.25) is 0 Å². The van der Waals surface area contributed by atoms with Crippen molar-refractivity contribution >= 4 is 6.21 Å². The molecular weight excluding hydrogens is 210 g/mol. The molecule has 0 heterocycles. The standard InChI is InChI=1S/C15H15NO/c1-13-7-5-6-10-15(13)11-16-17-12-14-8-3-2-4-9-14/h2-11H,12H2,1H3. The highest BCUT2D eigenvalue weighted by molar-refractivity contribution is 5.80. The largest absolute Gasteiger partial charge is 0.391 e. The zero-order valence-electron chi connectivity index (χ0n) is 9.84. The summed E-state index contributed by atoms with van der Waals surface area (Å²) in [6, 6.07) is 18.1. The fourth-order valence-electron chi connectivity index (χ4n) is 1.51. The lowest BCUT2D eigenvalue weighted by molar-refractivity contribution is 0.132. The predicted molar refractivity (Wildman–Crippen MR) is 70.0 cm³/mol. The molecule has 0 radical (unpaired) electrons. The van der Waals surface area contributed by atoms with Crippen LogP contribution in [-0.2, 0) is 11.4 Å². The first-order valence-electron chi connectivity index (χ1n) is 5.61. The van der Waals surface area contributed by atoms with Crippen molar-refractivity contribution in [1.82, 2.24) is 0 Å². The van der Waals surface area contributed by atoms with Crippen LogP contribution in [0.3, 0.4) is 0 Å². The van der Waals surface area contributed by atoms with Crippen molar-refractivity contribution in [1.29, 1.82) is 0 Å². The molecule has 0 saturated heterocycles. The van der Waals surface area contributed by atoms with Gasteiger partial charge in [0.25, 0.3) is 0 Å². The molecule has 0 amide bonds. The second-order valence-corrected chi connectivity index (χ2v) is 3.85. The molecule has 0 saturated carbocycles. The van der Waals surface area contributed by atoms with E-state index in [1.165, 1.54) is 5.56 Å². The number of hydrogen-bond acceptors (Lipinski definition) is 2. The minimum Gasteiger partial charge on any atom is -0.391 e. The van der Waals surface area contributed by atoms with Crippen LogP contribution in [0.25, 0.3) is 0 Å². The normalized spacial score (nSPS) is 10.6. The summed E-state index contributed by atoms with van der Waals surface area (Å²) in [5, 5.41) is 3.97. The van der Waals surface area contributed by atoms with Crippen LogP contribution >= 0.6 is 0 Å². The van der Waals surface area contributed by atoms with Crippen LogP contribution in [0.1, 0.15) is 16.7 Å². The molecule has 0 atom stereocenters. The Morgan fingerprint density at radius 1 is 1.00 bits per heavy atom. The first kappa shape index (κ1) is 11.4. The van der Waals surface area contributed by atoms with E-state index in [2.05, 4.69) is 18.1 Å². The summed E-state index contributed by atoms with van der Waals surface area (Å²) >= 11 is 0. The number of benzene rings is 2. The van der Waals surface area contributed by atoms with Crippen molar-refractivity contribution in [2.75, 3.05) is 0 Å². The van der Waals surface area contributed by atoms with Crippen molar-refractivity contribution in [3.8, 4) is 0 Å². The Bertz CT molecular complexity index is 491. The Balaban J connectivity index is 1.89. The van der Waals surface area contributed by atoms with E-state index in [0.717, 1.165) is 11.1 Å². The SMILES string of the molecule is Cc1ccccc1C=NOCc1ccccc1. The Morgan fingerprint density at radius 2 is 1.71 bits per heavy atom. The molecule has 0 spiro atoms. The van der Waals surface area contributed by atoms with Gasteiger partial charge in [-0.3, -0.25) is 0 Å². The molecule has 0 unspecified atom stereocenters. The Hall–Kier alpha value is -2.09. The highest BCUT2D eigenvalue weighted by atomic mass is 16.6. The molecule has 2 rings (SSSR count). The van der Waals surface area contributed by atoms with Gasteiger partial charge in [-0.15, -0.1) is 0 Å². The lowest BCUT2D eigenvalue weighted by Gasteiger charge is -2.00. The van der Waals surface area contributed by atoms with Gasteiger partial charge in [-0.1, -0.05) is 59.8 Å². The smallest absolute Gasteiger partial charge is 0.142 e. The quantitative estimate of drug-likeness (QED) is 0.576. The second kappa shape index (κ2) is 5.85. The monoisotopic (exact) mass is 225 g/mol. The molecule has 2 aromatic carbocycles. The topological polar surface area (TPSA) is 21.6 Å². The molecule has 0 N–H and O–H groups in total. The molecule has 0 aromatic heterocycles. The number of oxime groups is 1. The third-order valence-corrected chi connectivity index (χ3v) is 2.53. The lowest BCUT2D eigenvalue weighted by atomic mass is 10.1. The highest BCUT2D eigenvalue weighted by Crippen LogP contribution is 2.04. The van der Waals surface area contributed by atoms with E-state index < -0.39 is 0 Å². The summed E-state index contributed by atoms with van der Waals surface area (Å²) in [5.41, 5.74) is 3.40. The summed E-state index contributed by atoms with van der Waals surface area (Å²) in [7, 11) is 0. The van der Waals surface area contributed by atoms with Crippen LogP contribution in [-0.4, -0.2) is 6.21 Å². The lowest BCUT2D eigenvalue weighted by Crippen LogP contribution is -1.89. The van der Waals surface area contributed by atoms with Gasteiger partial charge in [-0.2, -0.15) is 0 Å². The maximum Gasteiger partial charge on any atom is 0.142 e. The Morgan fingerprint density at radius 3 is 2.47 bits per heavy atom. The molecule has 2 aromatic rings. The van der Waals surface area contributed by atoms with Crippen molar-refractivity contribution in [2.45, 2.75) is 13.5 Å². The minimum atomic E-state index is 0.503. The average Bonchev–Trinajstić information content (AvgIpc) is 2.38. The second-order valence-electron chi connectivity index (χ2n) is 3.85. The average molecular weight is 225 g/mol. The number of aryl methyl sites for hydroxylation is 1. The van der Waals surface area contributed by atoms with Gasteiger partial charge >= 0.3 is 0 Å². The summed E-state index contributed by atoms with van der Waals surface area (Å²) in [6.07, 6.45) is 1.75. The molecule has 2 nitrogen and oxygen atoms in total. The molecule has 0 aliphatic rings. The van der Waals surface area contributed by atoms with E-state index in [-0.39, 0.29) is 0 Å². The molecule has 86 valence electrons. The molecule has 0 aliphatic carbocycles. The predicted octanol–water partition coefficient (Wildman–Crippen LogP) is 3.55. The van der Waals surface area contributed by atoms with E-state index in [0.29, 0.717) is 6.61 Å². The number of rotatable bonds is 4. The van der Waals surface area contributed by atoms with E-state index in [1.54, 1.807) is 6.21 Å². The Kier molecular flexibility index (Phi) is 3.92. The van der Waals surface area contributed by atoms with Crippen molar-refractivity contribution in [3.63, 3.8) is 0 Å². The van der Waals surface area contributed by atoms with E-state index in [4.69, 9.17) is 4.84 Å². The first-order valence-corrected chi connectivity index (χ1v) is 5.61. The van der Waals surface area contributed by atoms with Crippen molar-refractivity contribution < 1.29 is 4.84 Å². The molecule has 17 heavy (non-hydrogen) atoms. The van der Waals surface area contributed by atoms with E-state index >= 15 is 0 Å². The van der Waals surface area contributed by atoms with Crippen molar-refractivity contribution in [2.24, 2.45) is 5.16 Å². The summed E-state index contributed by atoms with van der Waals surface area (Å²) < 4.78 is 0. The van der Waals surface area contributed by atoms with Gasteiger partial charge in [0.05, 0.1) is 6.21 Å². The van der Waals surface area contributed by atoms with Gasteiger partial charge < -0.3 is 4.84 Å². The number of hydrogen-bond donors (Lipinski definition) is 0. The van der Waals surface area contributed by atoms with Crippen molar-refractivity contribution in [3.05, 3.63) is 71.3 Å². The summed E-state index contributed by atoms with van der Waals surface area (Å²) in [5.74, 6) is 0. The summed E-state index contributed by atoms with van der Waals surface area (Å²) in [6.45, 7) is 2.56. The summed E-state index contributed by atoms with van der Waals surface area (Å²) in [4.78, 5) is 5.25. The molecule has 0 bridgehead atoms. The third-order valence-electron chi connectivity index (χ3n) is 2.53. The van der Waals surface area contributed by atoms with Gasteiger partial charge in [-0.25, -0.2) is 0 Å². The highest BCUT2D eigenvalue weighted by Gasteiger charge is 1.92.